The van der Waals surface area contributed by atoms with Gasteiger partial charge in [0.25, 0.3) is 0 Å². The van der Waals surface area contributed by atoms with E-state index in [4.69, 9.17) is 0 Å². The third kappa shape index (κ3) is 2.32. The monoisotopic (exact) mass is 190 g/mol. The van der Waals surface area contributed by atoms with Gasteiger partial charge in [-0.1, -0.05) is 20.3 Å². The van der Waals surface area contributed by atoms with E-state index in [1.54, 1.807) is 0 Å². The van der Waals surface area contributed by atoms with Crippen LogP contribution in [0.15, 0.2) is 0 Å². The highest BCUT2D eigenvalue weighted by molar-refractivity contribution is 7.81. The van der Waals surface area contributed by atoms with Crippen molar-refractivity contribution in [2.45, 2.75) is 50.0 Å². The Hall–Kier alpha value is 0.700. The predicted octanol–water partition coefficient (Wildman–Crippen LogP) is 3.18. The molecule has 3 unspecified atom stereocenters. The van der Waals surface area contributed by atoms with Gasteiger partial charge in [0, 0.05) is 10.5 Å². The minimum atomic E-state index is 0.438. The van der Waals surface area contributed by atoms with E-state index in [-0.39, 0.29) is 0 Å². The lowest BCUT2D eigenvalue weighted by Crippen LogP contribution is -2.33. The van der Waals surface area contributed by atoms with E-state index in [9.17, 15) is 0 Å². The van der Waals surface area contributed by atoms with Gasteiger partial charge in [-0.25, -0.2) is 0 Å². The summed E-state index contributed by atoms with van der Waals surface area (Å²) in [6.07, 6.45) is 5.18. The summed E-state index contributed by atoms with van der Waals surface area (Å²) in [7, 11) is 0. The molecule has 11 heavy (non-hydrogen) atoms. The summed E-state index contributed by atoms with van der Waals surface area (Å²) in [5.74, 6) is 0. The topological polar surface area (TPSA) is 0 Å². The number of hydrogen-bond donors (Lipinski definition) is 2. The standard InChI is InChI=1S/C9H18S2/c1-7(10)9(2)5-3-4-8(11)6-9/h7-8,10-11H,3-6H2,1-2H3. The summed E-state index contributed by atoms with van der Waals surface area (Å²) in [5.41, 5.74) is 0.438. The van der Waals surface area contributed by atoms with Crippen molar-refractivity contribution >= 4 is 25.3 Å². The molecule has 0 nitrogen and oxygen atoms in total. The average molecular weight is 190 g/mol. The molecule has 0 radical (unpaired) electrons. The first-order chi connectivity index (χ1) is 5.04. The van der Waals surface area contributed by atoms with Crippen LogP contribution in [0.4, 0.5) is 0 Å². The Morgan fingerprint density at radius 2 is 2.18 bits per heavy atom. The first-order valence-electron chi connectivity index (χ1n) is 4.41. The summed E-state index contributed by atoms with van der Waals surface area (Å²) in [4.78, 5) is 0. The van der Waals surface area contributed by atoms with Gasteiger partial charge in [0.1, 0.15) is 0 Å². The van der Waals surface area contributed by atoms with Crippen LogP contribution in [0.2, 0.25) is 0 Å². The van der Waals surface area contributed by atoms with Gasteiger partial charge in [0.2, 0.25) is 0 Å². The normalized spacial score (nSPS) is 42.0. The van der Waals surface area contributed by atoms with Crippen molar-refractivity contribution < 1.29 is 0 Å². The molecule has 3 atom stereocenters. The maximum Gasteiger partial charge on any atom is 0.00427 e. The molecule has 0 heterocycles. The second-order valence-electron chi connectivity index (χ2n) is 4.08. The van der Waals surface area contributed by atoms with Gasteiger partial charge >= 0.3 is 0 Å². The Kier molecular flexibility index (Phi) is 3.21. The lowest BCUT2D eigenvalue weighted by molar-refractivity contribution is 0.223. The molecule has 0 amide bonds. The molecule has 66 valence electrons. The molecule has 1 rings (SSSR count). The van der Waals surface area contributed by atoms with E-state index in [1.807, 2.05) is 0 Å². The molecule has 0 aromatic heterocycles. The molecule has 0 aliphatic heterocycles. The Labute approximate surface area is 81.0 Å². The molecule has 1 aliphatic rings. The highest BCUT2D eigenvalue weighted by atomic mass is 32.1. The number of rotatable bonds is 1. The lowest BCUT2D eigenvalue weighted by atomic mass is 9.73. The maximum absolute atomic E-state index is 4.54. The van der Waals surface area contributed by atoms with Gasteiger partial charge in [0.15, 0.2) is 0 Å². The molecule has 1 saturated carbocycles. The fourth-order valence-corrected chi connectivity index (χ4v) is 2.70. The Balaban J connectivity index is 2.55. The van der Waals surface area contributed by atoms with Crippen LogP contribution in [0.3, 0.4) is 0 Å². The average Bonchev–Trinajstić information content (AvgIpc) is 1.86. The zero-order valence-corrected chi connectivity index (χ0v) is 9.17. The fraction of sp³-hybridized carbons (Fsp3) is 1.00. The van der Waals surface area contributed by atoms with Crippen LogP contribution >= 0.6 is 25.3 Å². The molecule has 1 aliphatic carbocycles. The van der Waals surface area contributed by atoms with Crippen molar-refractivity contribution in [3.63, 3.8) is 0 Å². The molecule has 0 aromatic rings. The molecule has 0 saturated heterocycles. The first kappa shape index (κ1) is 9.79. The first-order valence-corrected chi connectivity index (χ1v) is 5.44. The van der Waals surface area contributed by atoms with Crippen LogP contribution in [-0.4, -0.2) is 10.5 Å². The van der Waals surface area contributed by atoms with Crippen molar-refractivity contribution in [1.82, 2.24) is 0 Å². The van der Waals surface area contributed by atoms with E-state index in [2.05, 4.69) is 39.1 Å². The van der Waals surface area contributed by atoms with Gasteiger partial charge in [-0.3, -0.25) is 0 Å². The molecule has 0 spiro atoms. The number of thiol groups is 2. The van der Waals surface area contributed by atoms with E-state index in [0.29, 0.717) is 15.9 Å². The van der Waals surface area contributed by atoms with Gasteiger partial charge in [-0.2, -0.15) is 25.3 Å². The van der Waals surface area contributed by atoms with Crippen LogP contribution in [0.1, 0.15) is 39.5 Å². The minimum absolute atomic E-state index is 0.438. The fourth-order valence-electron chi connectivity index (χ4n) is 1.86. The minimum Gasteiger partial charge on any atom is -0.176 e. The van der Waals surface area contributed by atoms with Crippen molar-refractivity contribution in [2.75, 3.05) is 0 Å². The highest BCUT2D eigenvalue weighted by Gasteiger charge is 2.33. The molecule has 0 aromatic carbocycles. The molecular formula is C9H18S2. The summed E-state index contributed by atoms with van der Waals surface area (Å²) < 4.78 is 0. The predicted molar refractivity (Wildman–Crippen MR) is 57.8 cm³/mol. The van der Waals surface area contributed by atoms with E-state index >= 15 is 0 Å². The third-order valence-corrected chi connectivity index (χ3v) is 4.06. The van der Waals surface area contributed by atoms with Crippen molar-refractivity contribution in [1.29, 1.82) is 0 Å². The van der Waals surface area contributed by atoms with Crippen LogP contribution in [-0.2, 0) is 0 Å². The van der Waals surface area contributed by atoms with Crippen LogP contribution < -0.4 is 0 Å². The van der Waals surface area contributed by atoms with Crippen LogP contribution in [0, 0.1) is 5.41 Å². The van der Waals surface area contributed by atoms with Crippen molar-refractivity contribution in [3.8, 4) is 0 Å². The van der Waals surface area contributed by atoms with E-state index in [1.165, 1.54) is 25.7 Å². The van der Waals surface area contributed by atoms with E-state index in [0.717, 1.165) is 0 Å². The van der Waals surface area contributed by atoms with Crippen LogP contribution in [0.25, 0.3) is 0 Å². The zero-order valence-electron chi connectivity index (χ0n) is 7.38. The second kappa shape index (κ2) is 3.61. The largest absolute Gasteiger partial charge is 0.176 e. The summed E-state index contributed by atoms with van der Waals surface area (Å²) in [5, 5.41) is 1.13. The van der Waals surface area contributed by atoms with Crippen molar-refractivity contribution in [2.24, 2.45) is 5.41 Å². The maximum atomic E-state index is 4.54. The quantitative estimate of drug-likeness (QED) is 0.583. The molecule has 0 bridgehead atoms. The number of hydrogen-bond acceptors (Lipinski definition) is 2. The molecule has 2 heteroatoms. The molecular weight excluding hydrogens is 172 g/mol. The lowest BCUT2D eigenvalue weighted by Gasteiger charge is -2.39. The third-order valence-electron chi connectivity index (χ3n) is 3.00. The Bertz CT molecular complexity index is 134. The Morgan fingerprint density at radius 1 is 1.55 bits per heavy atom. The van der Waals surface area contributed by atoms with Crippen LogP contribution in [0.5, 0.6) is 0 Å². The SMILES string of the molecule is CC(S)C1(C)CCCC(S)C1. The molecule has 0 N–H and O–H groups in total. The van der Waals surface area contributed by atoms with E-state index < -0.39 is 0 Å². The summed E-state index contributed by atoms with van der Waals surface area (Å²) in [6.45, 7) is 4.54. The second-order valence-corrected chi connectivity index (χ2v) is 5.59. The van der Waals surface area contributed by atoms with Gasteiger partial charge in [-0.15, -0.1) is 0 Å². The zero-order chi connectivity index (χ0) is 8.48. The highest BCUT2D eigenvalue weighted by Crippen LogP contribution is 2.42. The van der Waals surface area contributed by atoms with Gasteiger partial charge < -0.3 is 0 Å². The Morgan fingerprint density at radius 3 is 2.55 bits per heavy atom. The summed E-state index contributed by atoms with van der Waals surface area (Å²) in [6, 6.07) is 0. The van der Waals surface area contributed by atoms with Gasteiger partial charge in [-0.05, 0) is 24.7 Å². The van der Waals surface area contributed by atoms with Gasteiger partial charge in [0.05, 0.1) is 0 Å². The van der Waals surface area contributed by atoms with Crippen molar-refractivity contribution in [3.05, 3.63) is 0 Å². The summed E-state index contributed by atoms with van der Waals surface area (Å²) >= 11 is 9.07. The smallest absolute Gasteiger partial charge is 0.00427 e. The molecule has 1 fully saturated rings.